The summed E-state index contributed by atoms with van der Waals surface area (Å²) >= 11 is 17.7. The number of ether oxygens (including phenoxy) is 1. The van der Waals surface area contributed by atoms with Crippen LogP contribution in [0.4, 0.5) is 0 Å². The summed E-state index contributed by atoms with van der Waals surface area (Å²) in [6, 6.07) is 6.47. The van der Waals surface area contributed by atoms with Gasteiger partial charge in [-0.1, -0.05) is 34.8 Å². The van der Waals surface area contributed by atoms with Crippen LogP contribution in [-0.2, 0) is 6.61 Å². The number of halogens is 3. The van der Waals surface area contributed by atoms with E-state index in [4.69, 9.17) is 48.4 Å². The van der Waals surface area contributed by atoms with E-state index >= 15 is 0 Å². The Kier molecular flexibility index (Phi) is 4.05. The van der Waals surface area contributed by atoms with E-state index < -0.39 is 0 Å². The van der Waals surface area contributed by atoms with Gasteiger partial charge in [-0.3, -0.25) is 0 Å². The van der Waals surface area contributed by atoms with E-state index in [0.717, 1.165) is 0 Å². The fraction of sp³-hybridized carbons (Fsp3) is 0.0769. The van der Waals surface area contributed by atoms with Crippen LogP contribution in [0.5, 0.6) is 5.75 Å². The summed E-state index contributed by atoms with van der Waals surface area (Å²) in [6.45, 7) is 0.0470. The lowest BCUT2D eigenvalue weighted by atomic mass is 10.3. The summed E-state index contributed by atoms with van der Waals surface area (Å²) in [4.78, 5) is 0. The highest BCUT2D eigenvalue weighted by Gasteiger charge is 2.13. The van der Waals surface area contributed by atoms with Crippen LogP contribution in [0.3, 0.4) is 0 Å². The number of furan rings is 1. The van der Waals surface area contributed by atoms with Crippen LogP contribution in [0.1, 0.15) is 5.89 Å². The van der Waals surface area contributed by atoms with Gasteiger partial charge in [-0.05, 0) is 18.2 Å². The van der Waals surface area contributed by atoms with Gasteiger partial charge in [0, 0.05) is 6.07 Å². The predicted molar refractivity (Wildman–Crippen MR) is 77.8 cm³/mol. The maximum atomic E-state index is 6.00. The minimum Gasteiger partial charge on any atom is -0.482 e. The van der Waals surface area contributed by atoms with E-state index in [-0.39, 0.29) is 18.4 Å². The van der Waals surface area contributed by atoms with Crippen molar-refractivity contribution in [3.05, 3.63) is 51.5 Å². The molecule has 0 radical (unpaired) electrons. The zero-order valence-electron chi connectivity index (χ0n) is 10.3. The van der Waals surface area contributed by atoms with Crippen molar-refractivity contribution in [3.8, 4) is 17.4 Å². The molecule has 0 N–H and O–H groups in total. The monoisotopic (exact) mass is 344 g/mol. The summed E-state index contributed by atoms with van der Waals surface area (Å²) in [5.74, 6) is 1.42. The van der Waals surface area contributed by atoms with Crippen molar-refractivity contribution >= 4 is 34.8 Å². The second-order valence-corrected chi connectivity index (χ2v) is 5.19. The SMILES string of the molecule is Clc1cc(Cl)c(OCc2nnc(-c3ccco3)o2)cc1Cl. The normalized spacial score (nSPS) is 10.8. The van der Waals surface area contributed by atoms with Gasteiger partial charge in [0.2, 0.25) is 0 Å². The van der Waals surface area contributed by atoms with Gasteiger partial charge in [-0.25, -0.2) is 0 Å². The van der Waals surface area contributed by atoms with Crippen molar-refractivity contribution in [1.82, 2.24) is 10.2 Å². The molecule has 0 spiro atoms. The topological polar surface area (TPSA) is 61.3 Å². The third-order valence-electron chi connectivity index (χ3n) is 2.52. The molecule has 2 aromatic heterocycles. The Balaban J connectivity index is 1.72. The van der Waals surface area contributed by atoms with Crippen molar-refractivity contribution in [2.75, 3.05) is 0 Å². The Morgan fingerprint density at radius 1 is 1.05 bits per heavy atom. The van der Waals surface area contributed by atoms with Crippen molar-refractivity contribution < 1.29 is 13.6 Å². The first-order valence-corrected chi connectivity index (χ1v) is 6.90. The molecule has 2 heterocycles. The number of benzene rings is 1. The highest BCUT2D eigenvalue weighted by molar-refractivity contribution is 6.43. The molecule has 0 bridgehead atoms. The predicted octanol–water partition coefficient (Wildman–Crippen LogP) is 4.87. The Bertz CT molecular complexity index is 756. The first-order chi connectivity index (χ1) is 10.1. The average Bonchev–Trinajstić information content (AvgIpc) is 3.11. The van der Waals surface area contributed by atoms with E-state index in [1.54, 1.807) is 12.1 Å². The molecule has 0 amide bonds. The second-order valence-electron chi connectivity index (χ2n) is 3.96. The first-order valence-electron chi connectivity index (χ1n) is 5.77. The van der Waals surface area contributed by atoms with Crippen molar-refractivity contribution in [1.29, 1.82) is 0 Å². The van der Waals surface area contributed by atoms with Gasteiger partial charge in [-0.15, -0.1) is 10.2 Å². The Hall–Kier alpha value is -1.69. The molecule has 0 aliphatic rings. The Labute approximate surface area is 134 Å². The zero-order chi connectivity index (χ0) is 14.8. The van der Waals surface area contributed by atoms with Crippen LogP contribution in [0, 0.1) is 0 Å². The molecule has 0 saturated carbocycles. The van der Waals surface area contributed by atoms with Crippen LogP contribution in [0.15, 0.2) is 39.4 Å². The third kappa shape index (κ3) is 3.15. The molecule has 0 unspecified atom stereocenters. The molecule has 0 aliphatic carbocycles. The first kappa shape index (κ1) is 14.3. The van der Waals surface area contributed by atoms with E-state index in [2.05, 4.69) is 10.2 Å². The summed E-state index contributed by atoms with van der Waals surface area (Å²) in [5, 5.41) is 8.75. The van der Waals surface area contributed by atoms with Crippen molar-refractivity contribution in [2.45, 2.75) is 6.61 Å². The molecular formula is C13H7Cl3N2O3. The number of hydrogen-bond donors (Lipinski definition) is 0. The Morgan fingerprint density at radius 2 is 1.86 bits per heavy atom. The minimum atomic E-state index is 0.0470. The molecule has 1 aromatic carbocycles. The number of nitrogens with zero attached hydrogens (tertiary/aromatic N) is 2. The van der Waals surface area contributed by atoms with E-state index in [9.17, 15) is 0 Å². The quantitative estimate of drug-likeness (QED) is 0.631. The van der Waals surface area contributed by atoms with E-state index in [0.29, 0.717) is 26.6 Å². The summed E-state index contributed by atoms with van der Waals surface area (Å²) in [6.07, 6.45) is 1.52. The minimum absolute atomic E-state index is 0.0470. The van der Waals surface area contributed by atoms with Gasteiger partial charge < -0.3 is 13.6 Å². The van der Waals surface area contributed by atoms with Gasteiger partial charge in [0.25, 0.3) is 11.8 Å². The molecule has 21 heavy (non-hydrogen) atoms. The maximum absolute atomic E-state index is 6.00. The van der Waals surface area contributed by atoms with Crippen molar-refractivity contribution in [2.24, 2.45) is 0 Å². The lowest BCUT2D eigenvalue weighted by molar-refractivity contribution is 0.264. The number of hydrogen-bond acceptors (Lipinski definition) is 5. The molecule has 3 aromatic rings. The highest BCUT2D eigenvalue weighted by Crippen LogP contribution is 2.34. The molecule has 5 nitrogen and oxygen atoms in total. The molecule has 0 saturated heterocycles. The molecule has 0 aliphatic heterocycles. The molecule has 8 heteroatoms. The number of rotatable bonds is 4. The van der Waals surface area contributed by atoms with Gasteiger partial charge in [0.15, 0.2) is 12.4 Å². The zero-order valence-corrected chi connectivity index (χ0v) is 12.6. The fourth-order valence-electron chi connectivity index (χ4n) is 1.57. The fourth-order valence-corrected chi connectivity index (χ4v) is 2.16. The summed E-state index contributed by atoms with van der Waals surface area (Å²) < 4.78 is 16.0. The molecular weight excluding hydrogens is 339 g/mol. The Morgan fingerprint density at radius 3 is 2.62 bits per heavy atom. The molecule has 0 atom stereocenters. The van der Waals surface area contributed by atoms with Gasteiger partial charge in [-0.2, -0.15) is 0 Å². The number of aromatic nitrogens is 2. The van der Waals surface area contributed by atoms with E-state index in [1.165, 1.54) is 18.4 Å². The summed E-state index contributed by atoms with van der Waals surface area (Å²) in [5.41, 5.74) is 0. The molecule has 0 fully saturated rings. The lowest BCUT2D eigenvalue weighted by Gasteiger charge is -2.07. The smallest absolute Gasteiger partial charge is 0.283 e. The lowest BCUT2D eigenvalue weighted by Crippen LogP contribution is -1.96. The van der Waals surface area contributed by atoms with Gasteiger partial charge in [0.1, 0.15) is 5.75 Å². The molecule has 108 valence electrons. The third-order valence-corrected chi connectivity index (χ3v) is 3.54. The average molecular weight is 346 g/mol. The largest absolute Gasteiger partial charge is 0.482 e. The van der Waals surface area contributed by atoms with Crippen molar-refractivity contribution in [3.63, 3.8) is 0 Å². The summed E-state index contributed by atoms with van der Waals surface area (Å²) in [7, 11) is 0. The standard InChI is InChI=1S/C13H7Cl3N2O3/c14-7-4-9(16)11(5-8(7)15)20-6-12-17-18-13(21-12)10-2-1-3-19-10/h1-5H,6H2. The highest BCUT2D eigenvalue weighted by atomic mass is 35.5. The molecule has 3 rings (SSSR count). The van der Waals surface area contributed by atoms with Crippen LogP contribution >= 0.6 is 34.8 Å². The van der Waals surface area contributed by atoms with Crippen LogP contribution in [-0.4, -0.2) is 10.2 Å². The van der Waals surface area contributed by atoms with Crippen LogP contribution < -0.4 is 4.74 Å². The van der Waals surface area contributed by atoms with Gasteiger partial charge in [0.05, 0.1) is 21.3 Å². The van der Waals surface area contributed by atoms with Crippen LogP contribution in [0.25, 0.3) is 11.7 Å². The van der Waals surface area contributed by atoms with Crippen LogP contribution in [0.2, 0.25) is 15.1 Å². The van der Waals surface area contributed by atoms with E-state index in [1.807, 2.05) is 0 Å². The van der Waals surface area contributed by atoms with Gasteiger partial charge >= 0.3 is 0 Å². The second kappa shape index (κ2) is 5.97. The maximum Gasteiger partial charge on any atom is 0.283 e.